The van der Waals surface area contributed by atoms with E-state index in [0.717, 1.165) is 17.2 Å². The van der Waals surface area contributed by atoms with E-state index in [4.69, 9.17) is 16.3 Å². The number of carbonyl (C=O) groups is 1. The third-order valence-electron chi connectivity index (χ3n) is 4.19. The first-order chi connectivity index (χ1) is 14.1. The van der Waals surface area contributed by atoms with Gasteiger partial charge in [-0.3, -0.25) is 10.1 Å². The van der Waals surface area contributed by atoms with Crippen LogP contribution in [-0.4, -0.2) is 37.4 Å². The number of hydrogen-bond donors (Lipinski definition) is 1. The minimum atomic E-state index is -0.332. The normalized spacial score (nSPS) is 10.7. The van der Waals surface area contributed by atoms with Crippen LogP contribution in [0.3, 0.4) is 0 Å². The highest BCUT2D eigenvalue weighted by atomic mass is 35.5. The third kappa shape index (κ3) is 3.69. The van der Waals surface area contributed by atoms with E-state index in [2.05, 4.69) is 25.0 Å². The Kier molecular flexibility index (Phi) is 5.24. The Morgan fingerprint density at radius 2 is 1.93 bits per heavy atom. The van der Waals surface area contributed by atoms with Gasteiger partial charge in [0.1, 0.15) is 5.75 Å². The van der Waals surface area contributed by atoms with Gasteiger partial charge >= 0.3 is 0 Å². The fraction of sp³-hybridized carbons (Fsp3) is 0.105. The second-order valence-corrected chi connectivity index (χ2v) is 7.12. The molecule has 0 atom stereocenters. The van der Waals surface area contributed by atoms with Gasteiger partial charge in [-0.05, 0) is 31.2 Å². The first-order valence-corrected chi connectivity index (χ1v) is 9.69. The summed E-state index contributed by atoms with van der Waals surface area (Å²) in [5.74, 6) is 0.524. The SMILES string of the molecule is COc1ccccc1C(=O)Nc1nc(-c2nnn(-c3ccccc3Cl)c2C)ns1. The zero-order chi connectivity index (χ0) is 20.4. The van der Waals surface area contributed by atoms with Crippen LogP contribution in [0.4, 0.5) is 5.13 Å². The van der Waals surface area contributed by atoms with Crippen molar-refractivity contribution in [2.75, 3.05) is 12.4 Å². The van der Waals surface area contributed by atoms with Crippen LogP contribution in [0, 0.1) is 6.92 Å². The van der Waals surface area contributed by atoms with Crippen molar-refractivity contribution in [1.29, 1.82) is 0 Å². The molecule has 4 rings (SSSR count). The summed E-state index contributed by atoms with van der Waals surface area (Å²) in [6.45, 7) is 1.85. The van der Waals surface area contributed by atoms with Gasteiger partial charge in [0.25, 0.3) is 5.91 Å². The molecule has 2 heterocycles. The van der Waals surface area contributed by atoms with Gasteiger partial charge in [0.15, 0.2) is 11.5 Å². The maximum absolute atomic E-state index is 12.5. The molecule has 1 N–H and O–H groups in total. The molecule has 0 spiro atoms. The average Bonchev–Trinajstić information content (AvgIpc) is 3.34. The smallest absolute Gasteiger partial charge is 0.261 e. The Bertz CT molecular complexity index is 1190. The van der Waals surface area contributed by atoms with Crippen molar-refractivity contribution in [3.63, 3.8) is 0 Å². The first kappa shape index (κ1) is 19.0. The number of para-hydroxylation sites is 2. The summed E-state index contributed by atoms with van der Waals surface area (Å²) in [6, 6.07) is 14.3. The Hall–Kier alpha value is -3.30. The summed E-state index contributed by atoms with van der Waals surface area (Å²) in [5, 5.41) is 12.0. The molecule has 0 unspecified atom stereocenters. The number of rotatable bonds is 5. The standard InChI is InChI=1S/C19H15ClN6O2S/c1-11-16(23-25-26(11)14-9-5-4-8-13(14)20)17-21-19(29-24-17)22-18(27)12-7-3-6-10-15(12)28-2/h3-10H,1-2H3,(H,21,22,24,27). The largest absolute Gasteiger partial charge is 0.496 e. The van der Waals surface area contributed by atoms with Crippen molar-refractivity contribution in [3.05, 3.63) is 64.8 Å². The van der Waals surface area contributed by atoms with Crippen molar-refractivity contribution in [2.45, 2.75) is 6.92 Å². The molecule has 0 radical (unpaired) electrons. The summed E-state index contributed by atoms with van der Waals surface area (Å²) >= 11 is 7.32. The predicted molar refractivity (Wildman–Crippen MR) is 111 cm³/mol. The summed E-state index contributed by atoms with van der Waals surface area (Å²) in [7, 11) is 1.51. The lowest BCUT2D eigenvalue weighted by atomic mass is 10.2. The molecule has 0 aliphatic rings. The van der Waals surface area contributed by atoms with Gasteiger partial charge in [0, 0.05) is 11.5 Å². The lowest BCUT2D eigenvalue weighted by molar-refractivity contribution is 0.102. The highest BCUT2D eigenvalue weighted by Gasteiger charge is 2.19. The lowest BCUT2D eigenvalue weighted by Gasteiger charge is -2.06. The molecule has 0 aliphatic heterocycles. The van der Waals surface area contributed by atoms with E-state index in [1.54, 1.807) is 35.0 Å². The molecule has 10 heteroatoms. The second kappa shape index (κ2) is 7.98. The minimum Gasteiger partial charge on any atom is -0.496 e. The number of nitrogens with one attached hydrogen (secondary N) is 1. The molecule has 0 saturated carbocycles. The van der Waals surface area contributed by atoms with E-state index in [1.807, 2.05) is 25.1 Å². The minimum absolute atomic E-state index is 0.332. The Morgan fingerprint density at radius 1 is 1.17 bits per heavy atom. The fourth-order valence-corrected chi connectivity index (χ4v) is 3.54. The molecule has 0 aliphatic carbocycles. The van der Waals surface area contributed by atoms with Gasteiger partial charge in [-0.15, -0.1) is 5.10 Å². The van der Waals surface area contributed by atoms with Crippen molar-refractivity contribution >= 4 is 34.2 Å². The maximum atomic E-state index is 12.5. The van der Waals surface area contributed by atoms with Gasteiger partial charge < -0.3 is 4.74 Å². The van der Waals surface area contributed by atoms with E-state index in [1.165, 1.54) is 7.11 Å². The molecule has 0 fully saturated rings. The molecular weight excluding hydrogens is 412 g/mol. The molecular formula is C19H15ClN6O2S. The summed E-state index contributed by atoms with van der Waals surface area (Å²) in [5.41, 5.74) is 2.37. The van der Waals surface area contributed by atoms with E-state index in [0.29, 0.717) is 38.7 Å². The fourth-order valence-electron chi connectivity index (χ4n) is 2.76. The van der Waals surface area contributed by atoms with E-state index in [-0.39, 0.29) is 5.91 Å². The molecule has 29 heavy (non-hydrogen) atoms. The number of methoxy groups -OCH3 is 1. The van der Waals surface area contributed by atoms with Crippen molar-refractivity contribution in [2.24, 2.45) is 0 Å². The van der Waals surface area contributed by atoms with Crippen molar-refractivity contribution in [1.82, 2.24) is 24.4 Å². The van der Waals surface area contributed by atoms with Crippen LogP contribution in [-0.2, 0) is 0 Å². The van der Waals surface area contributed by atoms with Gasteiger partial charge in [-0.25, -0.2) is 4.68 Å². The zero-order valence-corrected chi connectivity index (χ0v) is 17.0. The highest BCUT2D eigenvalue weighted by molar-refractivity contribution is 7.10. The van der Waals surface area contributed by atoms with Crippen LogP contribution in [0.1, 0.15) is 16.1 Å². The Labute approximate surface area is 175 Å². The Morgan fingerprint density at radius 3 is 2.72 bits per heavy atom. The topological polar surface area (TPSA) is 94.8 Å². The van der Waals surface area contributed by atoms with E-state index >= 15 is 0 Å². The van der Waals surface area contributed by atoms with Crippen LogP contribution in [0.2, 0.25) is 5.02 Å². The molecule has 8 nitrogen and oxygen atoms in total. The van der Waals surface area contributed by atoms with Crippen LogP contribution >= 0.6 is 23.1 Å². The quantitative estimate of drug-likeness (QED) is 0.518. The maximum Gasteiger partial charge on any atom is 0.261 e. The first-order valence-electron chi connectivity index (χ1n) is 8.54. The predicted octanol–water partition coefficient (Wildman–Crippen LogP) is 4.01. The summed E-state index contributed by atoms with van der Waals surface area (Å²) in [6.07, 6.45) is 0. The van der Waals surface area contributed by atoms with E-state index in [9.17, 15) is 4.79 Å². The number of hydrogen-bond acceptors (Lipinski definition) is 7. The zero-order valence-electron chi connectivity index (χ0n) is 15.5. The lowest BCUT2D eigenvalue weighted by Crippen LogP contribution is -2.12. The Balaban J connectivity index is 1.59. The second-order valence-electron chi connectivity index (χ2n) is 5.96. The number of ether oxygens (including phenoxy) is 1. The van der Waals surface area contributed by atoms with Gasteiger partial charge in [0.2, 0.25) is 5.13 Å². The van der Waals surface area contributed by atoms with Crippen LogP contribution < -0.4 is 10.1 Å². The van der Waals surface area contributed by atoms with Crippen LogP contribution in [0.15, 0.2) is 48.5 Å². The number of amides is 1. The highest BCUT2D eigenvalue weighted by Crippen LogP contribution is 2.27. The van der Waals surface area contributed by atoms with Crippen molar-refractivity contribution in [3.8, 4) is 23.0 Å². The molecule has 0 bridgehead atoms. The molecule has 0 saturated heterocycles. The molecule has 4 aromatic rings. The molecule has 146 valence electrons. The van der Waals surface area contributed by atoms with Gasteiger partial charge in [-0.1, -0.05) is 41.1 Å². The van der Waals surface area contributed by atoms with E-state index < -0.39 is 0 Å². The molecule has 1 amide bonds. The number of halogens is 1. The molecule has 2 aromatic heterocycles. The van der Waals surface area contributed by atoms with Crippen LogP contribution in [0.25, 0.3) is 17.2 Å². The van der Waals surface area contributed by atoms with Crippen LogP contribution in [0.5, 0.6) is 5.75 Å². The summed E-state index contributed by atoms with van der Waals surface area (Å²) < 4.78 is 11.2. The number of aromatic nitrogens is 5. The van der Waals surface area contributed by atoms with Gasteiger partial charge in [0.05, 0.1) is 29.1 Å². The number of benzene rings is 2. The number of anilines is 1. The average molecular weight is 427 g/mol. The number of nitrogens with zero attached hydrogens (tertiary/aromatic N) is 5. The third-order valence-corrected chi connectivity index (χ3v) is 5.14. The monoisotopic (exact) mass is 426 g/mol. The number of carbonyl (C=O) groups excluding carboxylic acids is 1. The van der Waals surface area contributed by atoms with Gasteiger partial charge in [-0.2, -0.15) is 9.36 Å². The van der Waals surface area contributed by atoms with Crippen molar-refractivity contribution < 1.29 is 9.53 Å². The molecule has 2 aromatic carbocycles. The summed E-state index contributed by atoms with van der Waals surface area (Å²) in [4.78, 5) is 16.9.